The summed E-state index contributed by atoms with van der Waals surface area (Å²) in [6, 6.07) is 12.1. The third-order valence-electron chi connectivity index (χ3n) is 2.75. The van der Waals surface area contributed by atoms with Crippen LogP contribution in [0.1, 0.15) is 5.69 Å². The molecule has 1 aliphatic heterocycles. The number of benzene rings is 1. The van der Waals surface area contributed by atoms with Crippen molar-refractivity contribution >= 4 is 24.2 Å². The van der Waals surface area contributed by atoms with Gasteiger partial charge in [0, 0.05) is 12.6 Å². The number of guanidine groups is 1. The van der Waals surface area contributed by atoms with Crippen molar-refractivity contribution in [1.29, 1.82) is 0 Å². The fourth-order valence-corrected chi connectivity index (χ4v) is 1.96. The Kier molecular flexibility index (Phi) is 4.06. The van der Waals surface area contributed by atoms with Crippen LogP contribution in [0.3, 0.4) is 0 Å². The van der Waals surface area contributed by atoms with Crippen LogP contribution in [0.4, 0.5) is 5.82 Å². The SMILES string of the molecule is Cc1cc(NC2=NCCN2)n(-c2ccccc2)n1.Cl. The van der Waals surface area contributed by atoms with Crippen molar-refractivity contribution < 1.29 is 0 Å². The molecule has 0 saturated carbocycles. The Bertz CT molecular complexity index is 576. The molecule has 0 saturated heterocycles. The summed E-state index contributed by atoms with van der Waals surface area (Å²) in [6.45, 7) is 3.69. The minimum atomic E-state index is 0. The first kappa shape index (κ1) is 13.4. The van der Waals surface area contributed by atoms with Crippen molar-refractivity contribution in [3.63, 3.8) is 0 Å². The lowest BCUT2D eigenvalue weighted by molar-refractivity contribution is 0.869. The van der Waals surface area contributed by atoms with E-state index in [-0.39, 0.29) is 12.4 Å². The molecule has 2 aromatic rings. The second kappa shape index (κ2) is 5.75. The second-order valence-electron chi connectivity index (χ2n) is 4.20. The van der Waals surface area contributed by atoms with Gasteiger partial charge < -0.3 is 10.6 Å². The lowest BCUT2D eigenvalue weighted by Gasteiger charge is -2.09. The lowest BCUT2D eigenvalue weighted by Crippen LogP contribution is -2.27. The molecule has 0 unspecified atom stereocenters. The van der Waals surface area contributed by atoms with E-state index in [2.05, 4.69) is 20.7 Å². The molecule has 2 heterocycles. The molecule has 0 fully saturated rings. The number of hydrogen-bond acceptors (Lipinski definition) is 4. The van der Waals surface area contributed by atoms with Crippen LogP contribution in [-0.2, 0) is 0 Å². The molecule has 3 rings (SSSR count). The van der Waals surface area contributed by atoms with E-state index in [1.807, 2.05) is 48.0 Å². The Morgan fingerprint density at radius 1 is 1.26 bits per heavy atom. The number of para-hydroxylation sites is 1. The van der Waals surface area contributed by atoms with Crippen molar-refractivity contribution in [3.05, 3.63) is 42.1 Å². The van der Waals surface area contributed by atoms with Crippen LogP contribution in [0.25, 0.3) is 5.69 Å². The highest BCUT2D eigenvalue weighted by molar-refractivity contribution is 5.94. The summed E-state index contributed by atoms with van der Waals surface area (Å²) < 4.78 is 1.89. The Morgan fingerprint density at radius 3 is 2.74 bits per heavy atom. The van der Waals surface area contributed by atoms with E-state index >= 15 is 0 Å². The number of nitrogens with one attached hydrogen (secondary N) is 2. The maximum atomic E-state index is 4.49. The normalized spacial score (nSPS) is 13.4. The number of rotatable bonds is 2. The van der Waals surface area contributed by atoms with Crippen LogP contribution >= 0.6 is 12.4 Å². The van der Waals surface area contributed by atoms with Crippen LogP contribution in [0.2, 0.25) is 0 Å². The van der Waals surface area contributed by atoms with E-state index in [0.29, 0.717) is 0 Å². The van der Waals surface area contributed by atoms with Gasteiger partial charge in [-0.3, -0.25) is 4.99 Å². The Morgan fingerprint density at radius 2 is 2.05 bits per heavy atom. The highest BCUT2D eigenvalue weighted by Crippen LogP contribution is 2.16. The number of halogens is 1. The first-order valence-corrected chi connectivity index (χ1v) is 6.00. The molecule has 0 aliphatic carbocycles. The highest BCUT2D eigenvalue weighted by Gasteiger charge is 2.11. The summed E-state index contributed by atoms with van der Waals surface area (Å²) in [5.74, 6) is 1.74. The Labute approximate surface area is 118 Å². The molecule has 1 aromatic carbocycles. The summed E-state index contributed by atoms with van der Waals surface area (Å²) >= 11 is 0. The highest BCUT2D eigenvalue weighted by atomic mass is 35.5. The average Bonchev–Trinajstić information content (AvgIpc) is 3.01. The average molecular weight is 278 g/mol. The fraction of sp³-hybridized carbons (Fsp3) is 0.231. The number of hydrogen-bond donors (Lipinski definition) is 2. The third kappa shape index (κ3) is 2.88. The topological polar surface area (TPSA) is 54.2 Å². The Hall–Kier alpha value is -2.01. The molecule has 0 radical (unpaired) electrons. The van der Waals surface area contributed by atoms with E-state index < -0.39 is 0 Å². The minimum Gasteiger partial charge on any atom is -0.354 e. The van der Waals surface area contributed by atoms with E-state index in [1.165, 1.54) is 0 Å². The predicted molar refractivity (Wildman–Crippen MR) is 79.5 cm³/mol. The van der Waals surface area contributed by atoms with Gasteiger partial charge in [0.05, 0.1) is 17.9 Å². The van der Waals surface area contributed by atoms with Gasteiger partial charge in [-0.15, -0.1) is 12.4 Å². The van der Waals surface area contributed by atoms with E-state index in [4.69, 9.17) is 0 Å². The molecule has 0 bridgehead atoms. The number of aryl methyl sites for hydroxylation is 1. The van der Waals surface area contributed by atoms with Crippen LogP contribution < -0.4 is 10.6 Å². The van der Waals surface area contributed by atoms with Gasteiger partial charge in [-0.25, -0.2) is 4.68 Å². The van der Waals surface area contributed by atoms with E-state index in [0.717, 1.165) is 36.2 Å². The van der Waals surface area contributed by atoms with E-state index in [1.54, 1.807) is 0 Å². The molecule has 19 heavy (non-hydrogen) atoms. The van der Waals surface area contributed by atoms with Crippen LogP contribution in [-0.4, -0.2) is 28.8 Å². The van der Waals surface area contributed by atoms with Crippen LogP contribution in [0, 0.1) is 6.92 Å². The smallest absolute Gasteiger partial charge is 0.197 e. The monoisotopic (exact) mass is 277 g/mol. The Balaban J connectivity index is 0.00000133. The molecule has 0 atom stereocenters. The first-order chi connectivity index (χ1) is 8.83. The maximum absolute atomic E-state index is 4.49. The molecule has 5 nitrogen and oxygen atoms in total. The zero-order chi connectivity index (χ0) is 12.4. The molecule has 0 spiro atoms. The van der Waals surface area contributed by atoms with Gasteiger partial charge in [0.2, 0.25) is 0 Å². The third-order valence-corrected chi connectivity index (χ3v) is 2.75. The van der Waals surface area contributed by atoms with Gasteiger partial charge in [0.25, 0.3) is 0 Å². The molecule has 0 amide bonds. The minimum absolute atomic E-state index is 0. The molecule has 100 valence electrons. The van der Waals surface area contributed by atoms with Crippen molar-refractivity contribution in [2.45, 2.75) is 6.92 Å². The van der Waals surface area contributed by atoms with Crippen LogP contribution in [0.5, 0.6) is 0 Å². The summed E-state index contributed by atoms with van der Waals surface area (Å²) in [4.78, 5) is 4.33. The predicted octanol–water partition coefficient (Wildman–Crippen LogP) is 1.97. The van der Waals surface area contributed by atoms with Gasteiger partial charge >= 0.3 is 0 Å². The summed E-state index contributed by atoms with van der Waals surface area (Å²) in [5.41, 5.74) is 2.01. The first-order valence-electron chi connectivity index (χ1n) is 6.00. The van der Waals surface area contributed by atoms with Crippen molar-refractivity contribution in [1.82, 2.24) is 15.1 Å². The van der Waals surface area contributed by atoms with Crippen molar-refractivity contribution in [3.8, 4) is 5.69 Å². The van der Waals surface area contributed by atoms with Gasteiger partial charge in [-0.05, 0) is 19.1 Å². The largest absolute Gasteiger partial charge is 0.354 e. The summed E-state index contributed by atoms with van der Waals surface area (Å²) in [6.07, 6.45) is 0. The zero-order valence-corrected chi connectivity index (χ0v) is 11.4. The van der Waals surface area contributed by atoms with Gasteiger partial charge in [-0.1, -0.05) is 18.2 Å². The number of nitrogens with zero attached hydrogens (tertiary/aromatic N) is 3. The summed E-state index contributed by atoms with van der Waals surface area (Å²) in [7, 11) is 0. The molecular weight excluding hydrogens is 262 g/mol. The number of aromatic nitrogens is 2. The van der Waals surface area contributed by atoms with Gasteiger partial charge in [-0.2, -0.15) is 5.10 Å². The molecular formula is C13H16ClN5. The van der Waals surface area contributed by atoms with Gasteiger partial charge in [0.1, 0.15) is 5.82 Å². The molecule has 1 aliphatic rings. The second-order valence-corrected chi connectivity index (χ2v) is 4.20. The van der Waals surface area contributed by atoms with Crippen LogP contribution in [0.15, 0.2) is 41.4 Å². The van der Waals surface area contributed by atoms with Crippen molar-refractivity contribution in [2.75, 3.05) is 18.4 Å². The number of anilines is 1. The zero-order valence-electron chi connectivity index (χ0n) is 10.6. The standard InChI is InChI=1S/C13H15N5.ClH/c1-10-9-12(16-13-14-7-8-15-13)18(17-10)11-5-3-2-4-6-11;/h2-6,9H,7-8H2,1H3,(H2,14,15,16);1H. The maximum Gasteiger partial charge on any atom is 0.197 e. The summed E-state index contributed by atoms with van der Waals surface area (Å²) in [5, 5.41) is 11.0. The fourth-order valence-electron chi connectivity index (χ4n) is 1.96. The molecule has 2 N–H and O–H groups in total. The lowest BCUT2D eigenvalue weighted by atomic mass is 10.3. The molecule has 6 heteroatoms. The quantitative estimate of drug-likeness (QED) is 0.882. The number of aliphatic imine (C=N–C) groups is 1. The van der Waals surface area contributed by atoms with E-state index in [9.17, 15) is 0 Å². The van der Waals surface area contributed by atoms with Crippen molar-refractivity contribution in [2.24, 2.45) is 4.99 Å². The van der Waals surface area contributed by atoms with Gasteiger partial charge in [0.15, 0.2) is 5.96 Å². The molecule has 1 aromatic heterocycles.